The van der Waals surface area contributed by atoms with Crippen LogP contribution in [-0.2, 0) is 25.7 Å². The molecule has 5 nitrogen and oxygen atoms in total. The summed E-state index contributed by atoms with van der Waals surface area (Å²) in [5.41, 5.74) is 3.06. The lowest BCUT2D eigenvalue weighted by atomic mass is 10.0. The van der Waals surface area contributed by atoms with Gasteiger partial charge in [-0.2, -0.15) is 13.2 Å². The quantitative estimate of drug-likeness (QED) is 0.906. The smallest absolute Gasteiger partial charge is 0.449 e. The minimum absolute atomic E-state index is 0.204. The van der Waals surface area contributed by atoms with E-state index in [0.29, 0.717) is 25.1 Å². The molecule has 0 saturated carbocycles. The summed E-state index contributed by atoms with van der Waals surface area (Å²) in [6, 6.07) is 3.85. The van der Waals surface area contributed by atoms with Crippen molar-refractivity contribution in [1.82, 2.24) is 14.9 Å². The molecule has 2 aromatic rings. The van der Waals surface area contributed by atoms with Gasteiger partial charge in [0.25, 0.3) is 5.56 Å². The van der Waals surface area contributed by atoms with Gasteiger partial charge in [0.15, 0.2) is 0 Å². The van der Waals surface area contributed by atoms with Gasteiger partial charge in [-0.25, -0.2) is 4.98 Å². The Labute approximate surface area is 148 Å². The largest absolute Gasteiger partial charge is 0.496 e. The van der Waals surface area contributed by atoms with E-state index in [-0.39, 0.29) is 12.2 Å². The SMILES string of the molecule is COc1ccc(CN2CCc3c(nc(C(F)(F)F)[nH]c3=O)C2)c(C)c1C. The molecule has 1 N–H and O–H groups in total. The van der Waals surface area contributed by atoms with E-state index in [1.54, 1.807) is 7.11 Å². The lowest BCUT2D eigenvalue weighted by molar-refractivity contribution is -0.145. The van der Waals surface area contributed by atoms with E-state index in [0.717, 1.165) is 22.4 Å². The van der Waals surface area contributed by atoms with E-state index < -0.39 is 17.6 Å². The fraction of sp³-hybridized carbons (Fsp3) is 0.444. The lowest BCUT2D eigenvalue weighted by Crippen LogP contribution is -2.36. The lowest BCUT2D eigenvalue weighted by Gasteiger charge is -2.28. The van der Waals surface area contributed by atoms with Crippen LogP contribution in [0.4, 0.5) is 13.2 Å². The van der Waals surface area contributed by atoms with Gasteiger partial charge in [-0.1, -0.05) is 6.07 Å². The van der Waals surface area contributed by atoms with Crippen LogP contribution >= 0.6 is 0 Å². The maximum Gasteiger partial charge on any atom is 0.449 e. The maximum absolute atomic E-state index is 12.9. The molecule has 0 spiro atoms. The molecule has 0 radical (unpaired) electrons. The number of nitrogens with zero attached hydrogens (tertiary/aromatic N) is 2. The zero-order chi connectivity index (χ0) is 19.1. The third kappa shape index (κ3) is 3.46. The van der Waals surface area contributed by atoms with Crippen molar-refractivity contribution in [3.63, 3.8) is 0 Å². The second-order valence-electron chi connectivity index (χ2n) is 6.48. The highest BCUT2D eigenvalue weighted by atomic mass is 19.4. The summed E-state index contributed by atoms with van der Waals surface area (Å²) < 4.78 is 44.0. The zero-order valence-electron chi connectivity index (χ0n) is 14.8. The Kier molecular flexibility index (Phi) is 4.79. The number of hydrogen-bond acceptors (Lipinski definition) is 4. The van der Waals surface area contributed by atoms with E-state index in [1.807, 2.05) is 35.9 Å². The van der Waals surface area contributed by atoms with Crippen LogP contribution in [0.15, 0.2) is 16.9 Å². The van der Waals surface area contributed by atoms with Gasteiger partial charge in [0.1, 0.15) is 5.75 Å². The van der Waals surface area contributed by atoms with Gasteiger partial charge in [-0.15, -0.1) is 0 Å². The van der Waals surface area contributed by atoms with Crippen molar-refractivity contribution in [1.29, 1.82) is 0 Å². The Morgan fingerprint density at radius 1 is 1.27 bits per heavy atom. The summed E-state index contributed by atoms with van der Waals surface area (Å²) in [6.45, 7) is 5.35. The number of benzene rings is 1. The van der Waals surface area contributed by atoms with Gasteiger partial charge in [0.05, 0.1) is 12.8 Å². The van der Waals surface area contributed by atoms with Gasteiger partial charge < -0.3 is 9.72 Å². The fourth-order valence-electron chi connectivity index (χ4n) is 3.25. The Balaban J connectivity index is 1.86. The molecule has 1 aliphatic rings. The van der Waals surface area contributed by atoms with Crippen LogP contribution in [0.1, 0.15) is 33.8 Å². The summed E-state index contributed by atoms with van der Waals surface area (Å²) in [5, 5.41) is 0. The van der Waals surface area contributed by atoms with Crippen molar-refractivity contribution < 1.29 is 17.9 Å². The van der Waals surface area contributed by atoms with Crippen molar-refractivity contribution in [2.24, 2.45) is 0 Å². The number of hydrogen-bond donors (Lipinski definition) is 1. The number of halogens is 3. The number of H-pyrrole nitrogens is 1. The van der Waals surface area contributed by atoms with E-state index in [4.69, 9.17) is 4.74 Å². The average molecular weight is 367 g/mol. The van der Waals surface area contributed by atoms with E-state index in [9.17, 15) is 18.0 Å². The molecule has 0 aliphatic carbocycles. The molecule has 26 heavy (non-hydrogen) atoms. The summed E-state index contributed by atoms with van der Waals surface area (Å²) in [5.74, 6) is -0.433. The van der Waals surface area contributed by atoms with Gasteiger partial charge in [0, 0.05) is 25.2 Å². The Bertz CT molecular complexity index is 890. The molecular weight excluding hydrogens is 347 g/mol. The molecule has 1 aromatic heterocycles. The normalized spacial score (nSPS) is 15.0. The highest BCUT2D eigenvalue weighted by molar-refractivity contribution is 5.43. The number of fused-ring (bicyclic) bond motifs is 1. The number of nitrogens with one attached hydrogen (secondary N) is 1. The second kappa shape index (κ2) is 6.75. The molecule has 0 fully saturated rings. The highest BCUT2D eigenvalue weighted by Crippen LogP contribution is 2.28. The van der Waals surface area contributed by atoms with Crippen LogP contribution in [-0.4, -0.2) is 28.5 Å². The summed E-state index contributed by atoms with van der Waals surface area (Å²) in [4.78, 5) is 19.4. The standard InChI is InChI=1S/C18H20F3N3O2/c1-10-11(2)15(26-3)5-4-12(10)8-24-7-6-13-14(9-24)22-17(18(19,20)21)23-16(13)25/h4-5H,6-9H2,1-3H3,(H,22,23,25). The number of ether oxygens (including phenoxy) is 1. The van der Waals surface area contributed by atoms with E-state index in [1.165, 1.54) is 0 Å². The van der Waals surface area contributed by atoms with Gasteiger partial charge in [-0.3, -0.25) is 9.69 Å². The predicted octanol–water partition coefficient (Wildman–Crippen LogP) is 2.97. The summed E-state index contributed by atoms with van der Waals surface area (Å²) >= 11 is 0. The Hall–Kier alpha value is -2.35. The van der Waals surface area contributed by atoms with Crippen LogP contribution < -0.4 is 10.3 Å². The molecule has 140 valence electrons. The molecular formula is C18H20F3N3O2. The van der Waals surface area contributed by atoms with E-state index in [2.05, 4.69) is 4.98 Å². The number of aromatic nitrogens is 2. The topological polar surface area (TPSA) is 58.2 Å². The molecule has 0 unspecified atom stereocenters. The third-order valence-corrected chi connectivity index (χ3v) is 4.88. The van der Waals surface area contributed by atoms with Crippen molar-refractivity contribution in [3.8, 4) is 5.75 Å². The molecule has 2 heterocycles. The first kappa shape index (κ1) is 18.4. The van der Waals surface area contributed by atoms with Crippen molar-refractivity contribution in [3.05, 3.63) is 56.3 Å². The van der Waals surface area contributed by atoms with Gasteiger partial charge in [0.2, 0.25) is 5.82 Å². The minimum Gasteiger partial charge on any atom is -0.496 e. The van der Waals surface area contributed by atoms with Crippen LogP contribution in [0.3, 0.4) is 0 Å². The van der Waals surface area contributed by atoms with Crippen LogP contribution in [0, 0.1) is 13.8 Å². The van der Waals surface area contributed by atoms with Crippen molar-refractivity contribution in [2.45, 2.75) is 39.5 Å². The fourth-order valence-corrected chi connectivity index (χ4v) is 3.25. The van der Waals surface area contributed by atoms with Crippen molar-refractivity contribution >= 4 is 0 Å². The monoisotopic (exact) mass is 367 g/mol. The minimum atomic E-state index is -4.67. The molecule has 0 bridgehead atoms. The molecule has 1 aromatic carbocycles. The maximum atomic E-state index is 12.9. The van der Waals surface area contributed by atoms with Gasteiger partial charge >= 0.3 is 6.18 Å². The first-order valence-electron chi connectivity index (χ1n) is 8.25. The number of alkyl halides is 3. The number of rotatable bonds is 3. The summed E-state index contributed by atoms with van der Waals surface area (Å²) in [6.07, 6.45) is -4.29. The first-order valence-corrected chi connectivity index (χ1v) is 8.25. The summed E-state index contributed by atoms with van der Waals surface area (Å²) in [7, 11) is 1.62. The Morgan fingerprint density at radius 2 is 2.00 bits per heavy atom. The predicted molar refractivity (Wildman–Crippen MR) is 90.1 cm³/mol. The van der Waals surface area contributed by atoms with Crippen molar-refractivity contribution in [2.75, 3.05) is 13.7 Å². The molecule has 0 saturated heterocycles. The van der Waals surface area contributed by atoms with E-state index >= 15 is 0 Å². The molecule has 8 heteroatoms. The van der Waals surface area contributed by atoms with Crippen LogP contribution in [0.25, 0.3) is 0 Å². The molecule has 0 amide bonds. The third-order valence-electron chi connectivity index (χ3n) is 4.88. The zero-order valence-corrected chi connectivity index (χ0v) is 14.8. The average Bonchev–Trinajstić information content (AvgIpc) is 2.58. The number of aromatic amines is 1. The second-order valence-corrected chi connectivity index (χ2v) is 6.48. The number of methoxy groups -OCH3 is 1. The molecule has 3 rings (SSSR count). The highest BCUT2D eigenvalue weighted by Gasteiger charge is 2.36. The Morgan fingerprint density at radius 3 is 2.65 bits per heavy atom. The van der Waals surface area contributed by atoms with Crippen LogP contribution in [0.2, 0.25) is 0 Å². The first-order chi connectivity index (χ1) is 12.2. The van der Waals surface area contributed by atoms with Crippen LogP contribution in [0.5, 0.6) is 5.75 Å². The van der Waals surface area contributed by atoms with Gasteiger partial charge in [-0.05, 0) is 43.0 Å². The molecule has 0 atom stereocenters. The molecule has 1 aliphatic heterocycles.